The topological polar surface area (TPSA) is 99.7 Å². The molecule has 0 bridgehead atoms. The van der Waals surface area contributed by atoms with Gasteiger partial charge >= 0.3 is 5.97 Å². The molecule has 2 aromatic rings. The molecule has 0 fully saturated rings. The molecule has 0 aliphatic rings. The molecule has 8 heteroatoms. The van der Waals surface area contributed by atoms with Crippen molar-refractivity contribution in [1.29, 1.82) is 0 Å². The standard InChI is InChI=1S/C13H14N2O5S/c1-15(9-4-3-5-10(6-9)20-2)21(18,19)11-7-12(13(16)17)14-8-11/h3-8,14H,1-2H3,(H,16,17). The van der Waals surface area contributed by atoms with Crippen molar-refractivity contribution < 1.29 is 23.1 Å². The van der Waals surface area contributed by atoms with Gasteiger partial charge in [0.15, 0.2) is 0 Å². The molecule has 0 saturated heterocycles. The van der Waals surface area contributed by atoms with Crippen molar-refractivity contribution in [2.75, 3.05) is 18.5 Å². The first-order chi connectivity index (χ1) is 9.86. The number of aromatic amines is 1. The first kappa shape index (κ1) is 14.9. The smallest absolute Gasteiger partial charge is 0.352 e. The number of sulfonamides is 1. The molecule has 0 amide bonds. The van der Waals surface area contributed by atoms with Gasteiger partial charge in [-0.1, -0.05) is 6.07 Å². The highest BCUT2D eigenvalue weighted by Crippen LogP contribution is 2.25. The van der Waals surface area contributed by atoms with Gasteiger partial charge in [0.2, 0.25) is 0 Å². The Labute approximate surface area is 121 Å². The molecule has 0 aliphatic heterocycles. The molecule has 0 spiro atoms. The lowest BCUT2D eigenvalue weighted by Crippen LogP contribution is -2.26. The maximum absolute atomic E-state index is 12.4. The van der Waals surface area contributed by atoms with Gasteiger partial charge in [0, 0.05) is 19.3 Å². The van der Waals surface area contributed by atoms with Gasteiger partial charge in [-0.15, -0.1) is 0 Å². The zero-order valence-corrected chi connectivity index (χ0v) is 12.2. The van der Waals surface area contributed by atoms with Gasteiger partial charge in [0.25, 0.3) is 10.0 Å². The maximum atomic E-state index is 12.4. The number of nitrogens with zero attached hydrogens (tertiary/aromatic N) is 1. The van der Waals surface area contributed by atoms with E-state index in [0.717, 1.165) is 16.6 Å². The zero-order valence-electron chi connectivity index (χ0n) is 11.4. The van der Waals surface area contributed by atoms with E-state index in [4.69, 9.17) is 9.84 Å². The van der Waals surface area contributed by atoms with E-state index in [0.29, 0.717) is 11.4 Å². The number of H-pyrrole nitrogens is 1. The number of hydrogen-bond acceptors (Lipinski definition) is 4. The average molecular weight is 310 g/mol. The predicted molar refractivity (Wildman–Crippen MR) is 76.3 cm³/mol. The molecule has 21 heavy (non-hydrogen) atoms. The largest absolute Gasteiger partial charge is 0.497 e. The summed E-state index contributed by atoms with van der Waals surface area (Å²) in [6.45, 7) is 0. The van der Waals surface area contributed by atoms with Crippen LogP contribution in [0, 0.1) is 0 Å². The Morgan fingerprint density at radius 1 is 1.33 bits per heavy atom. The van der Waals surface area contributed by atoms with Crippen molar-refractivity contribution in [3.63, 3.8) is 0 Å². The van der Waals surface area contributed by atoms with Crippen LogP contribution >= 0.6 is 0 Å². The fraction of sp³-hybridized carbons (Fsp3) is 0.154. The predicted octanol–water partition coefficient (Wildman–Crippen LogP) is 1.55. The summed E-state index contributed by atoms with van der Waals surface area (Å²) in [5.41, 5.74) is 0.222. The van der Waals surface area contributed by atoms with Crippen molar-refractivity contribution in [1.82, 2.24) is 4.98 Å². The summed E-state index contributed by atoms with van der Waals surface area (Å²) in [5.74, 6) is -0.699. The molecular formula is C13H14N2O5S. The Morgan fingerprint density at radius 3 is 2.62 bits per heavy atom. The first-order valence-corrected chi connectivity index (χ1v) is 7.35. The number of anilines is 1. The summed E-state index contributed by atoms with van der Waals surface area (Å²) in [4.78, 5) is 13.1. The van der Waals surface area contributed by atoms with Crippen LogP contribution < -0.4 is 9.04 Å². The zero-order chi connectivity index (χ0) is 15.6. The fourth-order valence-corrected chi connectivity index (χ4v) is 2.93. The third-order valence-corrected chi connectivity index (χ3v) is 4.73. The second-order valence-corrected chi connectivity index (χ2v) is 6.20. The molecule has 0 saturated carbocycles. The van der Waals surface area contributed by atoms with Gasteiger partial charge in [-0.05, 0) is 18.2 Å². The van der Waals surface area contributed by atoms with E-state index >= 15 is 0 Å². The molecule has 0 atom stereocenters. The second-order valence-electron chi connectivity index (χ2n) is 4.23. The highest BCUT2D eigenvalue weighted by Gasteiger charge is 2.24. The number of ether oxygens (including phenoxy) is 1. The summed E-state index contributed by atoms with van der Waals surface area (Å²) in [5, 5.41) is 8.83. The Morgan fingerprint density at radius 2 is 2.05 bits per heavy atom. The van der Waals surface area contributed by atoms with E-state index in [-0.39, 0.29) is 10.6 Å². The number of carbonyl (C=O) groups is 1. The van der Waals surface area contributed by atoms with Gasteiger partial charge in [-0.2, -0.15) is 0 Å². The lowest BCUT2D eigenvalue weighted by molar-refractivity contribution is 0.0691. The first-order valence-electron chi connectivity index (χ1n) is 5.91. The fourth-order valence-electron chi connectivity index (χ4n) is 1.75. The Balaban J connectivity index is 2.39. The third kappa shape index (κ3) is 2.84. The number of aromatic nitrogens is 1. The molecule has 1 heterocycles. The number of carboxylic acid groups (broad SMARTS) is 1. The molecule has 0 aliphatic carbocycles. The Bertz CT molecular complexity index is 766. The second kappa shape index (κ2) is 5.49. The Hall–Kier alpha value is -2.48. The number of hydrogen-bond donors (Lipinski definition) is 2. The summed E-state index contributed by atoms with van der Waals surface area (Å²) < 4.78 is 31.0. The minimum atomic E-state index is -3.85. The molecule has 112 valence electrons. The van der Waals surface area contributed by atoms with Crippen LogP contribution in [0.5, 0.6) is 5.75 Å². The molecule has 1 aromatic heterocycles. The number of aromatic carboxylic acids is 1. The molecular weight excluding hydrogens is 296 g/mol. The van der Waals surface area contributed by atoms with E-state index in [9.17, 15) is 13.2 Å². The van der Waals surface area contributed by atoms with E-state index in [1.807, 2.05) is 0 Å². The molecule has 1 aromatic carbocycles. The number of nitrogens with one attached hydrogen (secondary N) is 1. The van der Waals surface area contributed by atoms with Crippen LogP contribution in [0.2, 0.25) is 0 Å². The lowest BCUT2D eigenvalue weighted by Gasteiger charge is -2.19. The SMILES string of the molecule is COc1cccc(N(C)S(=O)(=O)c2c[nH]c(C(=O)O)c2)c1. The number of carboxylic acids is 1. The van der Waals surface area contributed by atoms with Crippen molar-refractivity contribution in [2.45, 2.75) is 4.90 Å². The van der Waals surface area contributed by atoms with Crippen LogP contribution in [0.3, 0.4) is 0 Å². The molecule has 0 radical (unpaired) electrons. The minimum Gasteiger partial charge on any atom is -0.497 e. The van der Waals surface area contributed by atoms with Crippen molar-refractivity contribution in [3.05, 3.63) is 42.2 Å². The minimum absolute atomic E-state index is 0.120. The van der Waals surface area contributed by atoms with E-state index in [1.54, 1.807) is 24.3 Å². The van der Waals surface area contributed by atoms with Crippen molar-refractivity contribution in [2.24, 2.45) is 0 Å². The average Bonchev–Trinajstić information content (AvgIpc) is 2.97. The maximum Gasteiger partial charge on any atom is 0.352 e. The normalized spacial score (nSPS) is 11.1. The highest BCUT2D eigenvalue weighted by molar-refractivity contribution is 7.92. The molecule has 2 rings (SSSR count). The Kier molecular flexibility index (Phi) is 3.90. The van der Waals surface area contributed by atoms with Crippen LogP contribution in [0.15, 0.2) is 41.4 Å². The lowest BCUT2D eigenvalue weighted by atomic mass is 10.3. The quantitative estimate of drug-likeness (QED) is 0.872. The van der Waals surface area contributed by atoms with Crippen molar-refractivity contribution in [3.8, 4) is 5.75 Å². The number of benzene rings is 1. The number of methoxy groups -OCH3 is 1. The third-order valence-electron chi connectivity index (χ3n) is 2.96. The van der Waals surface area contributed by atoms with E-state index in [1.165, 1.54) is 14.2 Å². The highest BCUT2D eigenvalue weighted by atomic mass is 32.2. The molecule has 2 N–H and O–H groups in total. The summed E-state index contributed by atoms with van der Waals surface area (Å²) in [7, 11) is -0.975. The van der Waals surface area contributed by atoms with Crippen LogP contribution in [-0.4, -0.2) is 38.6 Å². The molecule has 0 unspecified atom stereocenters. The monoisotopic (exact) mass is 310 g/mol. The molecule has 7 nitrogen and oxygen atoms in total. The number of rotatable bonds is 5. The van der Waals surface area contributed by atoms with Gasteiger partial charge in [0.1, 0.15) is 16.3 Å². The van der Waals surface area contributed by atoms with Gasteiger partial charge in [-0.25, -0.2) is 13.2 Å². The van der Waals surface area contributed by atoms with Crippen LogP contribution in [0.1, 0.15) is 10.5 Å². The summed E-state index contributed by atoms with van der Waals surface area (Å²) in [6, 6.07) is 7.63. The van der Waals surface area contributed by atoms with Gasteiger partial charge < -0.3 is 14.8 Å². The van der Waals surface area contributed by atoms with E-state index < -0.39 is 16.0 Å². The summed E-state index contributed by atoms with van der Waals surface area (Å²) in [6.07, 6.45) is 1.15. The van der Waals surface area contributed by atoms with Crippen LogP contribution in [0.25, 0.3) is 0 Å². The van der Waals surface area contributed by atoms with Gasteiger partial charge in [0.05, 0.1) is 12.8 Å². The van der Waals surface area contributed by atoms with Crippen LogP contribution in [-0.2, 0) is 10.0 Å². The van der Waals surface area contributed by atoms with Crippen molar-refractivity contribution >= 4 is 21.7 Å². The van der Waals surface area contributed by atoms with E-state index in [2.05, 4.69) is 4.98 Å². The summed E-state index contributed by atoms with van der Waals surface area (Å²) >= 11 is 0. The van der Waals surface area contributed by atoms with Gasteiger partial charge in [-0.3, -0.25) is 4.31 Å². The van der Waals surface area contributed by atoms with Crippen LogP contribution in [0.4, 0.5) is 5.69 Å².